The van der Waals surface area contributed by atoms with Crippen LogP contribution in [0.25, 0.3) is 0 Å². The van der Waals surface area contributed by atoms with Crippen molar-refractivity contribution in [2.45, 2.75) is 30.7 Å². The first-order chi connectivity index (χ1) is 13.3. The van der Waals surface area contributed by atoms with Gasteiger partial charge in [0.15, 0.2) is 6.29 Å². The number of hydrogen-bond acceptors (Lipinski definition) is 9. The smallest absolute Gasteiger partial charge is 0.413 e. The second kappa shape index (κ2) is 8.42. The average Bonchev–Trinajstić information content (AvgIpc) is 2.68. The van der Waals surface area contributed by atoms with E-state index >= 15 is 0 Å². The highest BCUT2D eigenvalue weighted by molar-refractivity contribution is 7.51. The third-order valence-electron chi connectivity index (χ3n) is 4.75. The molecule has 28 heavy (non-hydrogen) atoms. The zero-order valence-electron chi connectivity index (χ0n) is 15.9. The molecule has 0 aliphatic carbocycles. The minimum Gasteiger partial charge on any atom is -0.413 e. The van der Waals surface area contributed by atoms with Crippen molar-refractivity contribution < 1.29 is 37.5 Å². The van der Waals surface area contributed by atoms with E-state index in [1.54, 1.807) is 7.05 Å². The lowest BCUT2D eigenvalue weighted by Crippen LogP contribution is -2.64. The van der Waals surface area contributed by atoms with Gasteiger partial charge in [-0.1, -0.05) is 0 Å². The van der Waals surface area contributed by atoms with Crippen LogP contribution in [0, 0.1) is 10.1 Å². The lowest BCUT2D eigenvalue weighted by Gasteiger charge is -2.49. The van der Waals surface area contributed by atoms with Crippen LogP contribution in [0.4, 0.5) is 5.69 Å². The van der Waals surface area contributed by atoms with Gasteiger partial charge in [-0.25, -0.2) is 4.57 Å². The van der Waals surface area contributed by atoms with Crippen molar-refractivity contribution >= 4 is 13.4 Å². The molecule has 6 atom stereocenters. The Labute approximate surface area is 162 Å². The van der Waals surface area contributed by atoms with Crippen LogP contribution in [0.3, 0.4) is 0 Å². The molecule has 156 valence electrons. The Balaban J connectivity index is 1.82. The van der Waals surface area contributed by atoms with Gasteiger partial charge in [0.05, 0.1) is 4.92 Å². The zero-order valence-corrected chi connectivity index (χ0v) is 16.8. The van der Waals surface area contributed by atoms with Crippen LogP contribution >= 0.6 is 7.75 Å². The Morgan fingerprint density at radius 2 is 1.79 bits per heavy atom. The molecule has 11 nitrogen and oxygen atoms in total. The van der Waals surface area contributed by atoms with E-state index in [1.807, 2.05) is 0 Å². The number of nitrogens with zero attached hydrogens (tertiary/aromatic N) is 2. The summed E-state index contributed by atoms with van der Waals surface area (Å²) in [6.45, 7) is 0.241. The topological polar surface area (TPSA) is 119 Å². The average molecular weight is 418 g/mol. The maximum absolute atomic E-state index is 13.4. The van der Waals surface area contributed by atoms with Crippen molar-refractivity contribution in [2.24, 2.45) is 0 Å². The Morgan fingerprint density at radius 1 is 1.14 bits per heavy atom. The number of fused-ring (bicyclic) bond motifs is 1. The molecule has 0 unspecified atom stereocenters. The SMILES string of the molecule is CO[C@H]1O[C@@H]2CN(C)[P@](=O)(Oc3ccc([N+](=O)[O-])cc3)O[C@H]2[C@H](OC)[C@H]1OC. The van der Waals surface area contributed by atoms with Crippen LogP contribution in [0.5, 0.6) is 5.75 Å². The Hall–Kier alpha value is -1.59. The van der Waals surface area contributed by atoms with E-state index in [0.717, 1.165) is 0 Å². The summed E-state index contributed by atoms with van der Waals surface area (Å²) in [4.78, 5) is 10.3. The summed E-state index contributed by atoms with van der Waals surface area (Å²) in [5, 5.41) is 10.8. The molecule has 0 radical (unpaired) electrons. The molecule has 2 aliphatic heterocycles. The number of rotatable bonds is 6. The van der Waals surface area contributed by atoms with E-state index in [1.165, 1.54) is 50.3 Å². The minimum absolute atomic E-state index is 0.0997. The lowest BCUT2D eigenvalue weighted by molar-refractivity contribution is -0.384. The van der Waals surface area contributed by atoms with E-state index in [-0.39, 0.29) is 18.0 Å². The van der Waals surface area contributed by atoms with Gasteiger partial charge in [0.2, 0.25) is 0 Å². The van der Waals surface area contributed by atoms with Crippen LogP contribution in [0.15, 0.2) is 24.3 Å². The second-order valence-electron chi connectivity index (χ2n) is 6.40. The Morgan fingerprint density at radius 3 is 2.32 bits per heavy atom. The standard InChI is InChI=1S/C16H23N2O9P/c1-17-9-12-13(14(22-2)15(23-3)16(24-4)25-12)27-28(17,21)26-11-7-5-10(6-8-11)18(19)20/h5-8,12-16H,9H2,1-4H3/t12-,13-,14+,15-,16+,28+/m1/s1. The van der Waals surface area contributed by atoms with Crippen LogP contribution < -0.4 is 4.52 Å². The van der Waals surface area contributed by atoms with Gasteiger partial charge >= 0.3 is 7.75 Å². The van der Waals surface area contributed by atoms with Gasteiger partial charge in [0.25, 0.3) is 5.69 Å². The third kappa shape index (κ3) is 3.92. The molecule has 2 saturated heterocycles. The number of nitro groups is 1. The molecular formula is C16H23N2O9P. The number of nitro benzene ring substituents is 1. The predicted octanol–water partition coefficient (Wildman–Crippen LogP) is 1.81. The van der Waals surface area contributed by atoms with Gasteiger partial charge in [0, 0.05) is 40.0 Å². The van der Waals surface area contributed by atoms with Gasteiger partial charge in [-0.2, -0.15) is 4.67 Å². The second-order valence-corrected chi connectivity index (χ2v) is 8.41. The number of non-ortho nitro benzene ring substituents is 1. The molecule has 2 aliphatic rings. The van der Waals surface area contributed by atoms with Gasteiger partial charge < -0.3 is 23.5 Å². The number of hydrogen-bond donors (Lipinski definition) is 0. The molecule has 3 rings (SSSR count). The Kier molecular flexibility index (Phi) is 6.35. The first-order valence-corrected chi connectivity index (χ1v) is 10.0. The maximum atomic E-state index is 13.4. The van der Waals surface area contributed by atoms with Crippen LogP contribution in [-0.4, -0.2) is 75.2 Å². The van der Waals surface area contributed by atoms with Crippen molar-refractivity contribution in [1.29, 1.82) is 0 Å². The molecule has 12 heteroatoms. The van der Waals surface area contributed by atoms with Crippen molar-refractivity contribution in [2.75, 3.05) is 34.9 Å². The van der Waals surface area contributed by atoms with E-state index in [4.69, 9.17) is 28.0 Å². The largest absolute Gasteiger partial charge is 0.461 e. The molecule has 2 fully saturated rings. The van der Waals surface area contributed by atoms with E-state index in [2.05, 4.69) is 0 Å². The molecule has 1 aromatic rings. The molecule has 0 amide bonds. The first kappa shape index (κ1) is 21.1. The summed E-state index contributed by atoms with van der Waals surface area (Å²) < 4.78 is 48.4. The van der Waals surface area contributed by atoms with Gasteiger partial charge in [-0.05, 0) is 19.2 Å². The number of ether oxygens (including phenoxy) is 4. The molecule has 0 spiro atoms. The fourth-order valence-electron chi connectivity index (χ4n) is 3.31. The van der Waals surface area contributed by atoms with Crippen molar-refractivity contribution in [3.05, 3.63) is 34.4 Å². The molecule has 0 saturated carbocycles. The zero-order chi connectivity index (χ0) is 20.5. The molecular weight excluding hydrogens is 395 g/mol. The highest BCUT2D eigenvalue weighted by Crippen LogP contribution is 2.56. The first-order valence-electron chi connectivity index (χ1n) is 8.51. The molecule has 2 heterocycles. The summed E-state index contributed by atoms with van der Waals surface area (Å²) in [5.41, 5.74) is -0.0997. The van der Waals surface area contributed by atoms with Crippen molar-refractivity contribution in [3.63, 3.8) is 0 Å². The van der Waals surface area contributed by atoms with Gasteiger partial charge in [0.1, 0.15) is 30.2 Å². The number of benzene rings is 1. The number of methoxy groups -OCH3 is 3. The maximum Gasteiger partial charge on any atom is 0.461 e. The van der Waals surface area contributed by atoms with Gasteiger partial charge in [-0.15, -0.1) is 0 Å². The quantitative estimate of drug-likeness (QED) is 0.384. The lowest BCUT2D eigenvalue weighted by atomic mass is 9.98. The minimum atomic E-state index is -3.76. The van der Waals surface area contributed by atoms with Crippen LogP contribution in [-0.2, 0) is 28.0 Å². The van der Waals surface area contributed by atoms with E-state index in [0.29, 0.717) is 0 Å². The van der Waals surface area contributed by atoms with Crippen LogP contribution in [0.1, 0.15) is 0 Å². The van der Waals surface area contributed by atoms with E-state index in [9.17, 15) is 14.7 Å². The highest BCUT2D eigenvalue weighted by Gasteiger charge is 2.55. The summed E-state index contributed by atoms with van der Waals surface area (Å²) in [7, 11) is 2.31. The van der Waals surface area contributed by atoms with Crippen molar-refractivity contribution in [1.82, 2.24) is 4.67 Å². The summed E-state index contributed by atoms with van der Waals surface area (Å²) in [6, 6.07) is 5.26. The molecule has 0 N–H and O–H groups in total. The Bertz CT molecular complexity index is 746. The predicted molar refractivity (Wildman–Crippen MR) is 96.1 cm³/mol. The van der Waals surface area contributed by atoms with Crippen molar-refractivity contribution in [3.8, 4) is 5.75 Å². The number of likely N-dealkylation sites (N-methyl/N-ethyl adjacent to an activating group) is 1. The summed E-state index contributed by atoms with van der Waals surface area (Å²) in [6.07, 6.45) is -3.06. The summed E-state index contributed by atoms with van der Waals surface area (Å²) in [5.74, 6) is 0.183. The van der Waals surface area contributed by atoms with Crippen LogP contribution in [0.2, 0.25) is 0 Å². The van der Waals surface area contributed by atoms with E-state index < -0.39 is 43.4 Å². The summed E-state index contributed by atoms with van der Waals surface area (Å²) >= 11 is 0. The normalized spacial score (nSPS) is 35.9. The molecule has 0 bridgehead atoms. The molecule has 1 aromatic carbocycles. The fourth-order valence-corrected chi connectivity index (χ4v) is 4.96. The monoisotopic (exact) mass is 418 g/mol. The highest BCUT2D eigenvalue weighted by atomic mass is 31.2. The van der Waals surface area contributed by atoms with Gasteiger partial charge in [-0.3, -0.25) is 14.6 Å². The molecule has 0 aromatic heterocycles. The fraction of sp³-hybridized carbons (Fsp3) is 0.625. The third-order valence-corrected chi connectivity index (χ3v) is 6.70.